The second-order valence-corrected chi connectivity index (χ2v) is 9.38. The Labute approximate surface area is 199 Å². The van der Waals surface area contributed by atoms with Gasteiger partial charge in [0.05, 0.1) is 0 Å². The van der Waals surface area contributed by atoms with E-state index in [4.69, 9.17) is 4.74 Å². The molecule has 4 nitrogen and oxygen atoms in total. The van der Waals surface area contributed by atoms with Crippen LogP contribution in [0.5, 0.6) is 5.75 Å². The van der Waals surface area contributed by atoms with Crippen molar-refractivity contribution in [1.29, 1.82) is 0 Å². The minimum absolute atomic E-state index is 0.00618. The molecule has 3 aromatic rings. The molecule has 0 unspecified atom stereocenters. The number of hydrogen-bond donors (Lipinski definition) is 2. The lowest BCUT2D eigenvalue weighted by molar-refractivity contribution is 0.101. The van der Waals surface area contributed by atoms with Crippen molar-refractivity contribution in [2.45, 2.75) is 39.0 Å². The Balaban J connectivity index is 1.60. The van der Waals surface area contributed by atoms with Gasteiger partial charge in [0.1, 0.15) is 29.6 Å². The number of anilines is 1. The first-order valence-electron chi connectivity index (χ1n) is 11.6. The van der Waals surface area contributed by atoms with Crippen LogP contribution >= 0.6 is 0 Å². The number of hydrogen-bond acceptors (Lipinski definition) is 3. The first-order chi connectivity index (χ1) is 16.3. The summed E-state index contributed by atoms with van der Waals surface area (Å²) in [5.41, 5.74) is 4.21. The fourth-order valence-corrected chi connectivity index (χ4v) is 4.44. The number of benzene rings is 3. The van der Waals surface area contributed by atoms with Gasteiger partial charge in [-0.2, -0.15) is 0 Å². The molecule has 0 saturated heterocycles. The summed E-state index contributed by atoms with van der Waals surface area (Å²) in [6.45, 7) is 9.00. The Bertz CT molecular complexity index is 1170. The number of rotatable bonds is 3. The van der Waals surface area contributed by atoms with Crippen molar-refractivity contribution >= 4 is 11.6 Å². The Morgan fingerprint density at radius 1 is 1.03 bits per heavy atom. The van der Waals surface area contributed by atoms with Crippen LogP contribution < -0.4 is 15.4 Å². The molecule has 1 amide bonds. The van der Waals surface area contributed by atoms with Gasteiger partial charge in [0.15, 0.2) is 0 Å². The maximum atomic E-state index is 13.9. The number of amides is 1. The molecule has 3 aromatic carbocycles. The molecule has 0 aliphatic carbocycles. The van der Waals surface area contributed by atoms with Crippen molar-refractivity contribution < 1.29 is 18.3 Å². The van der Waals surface area contributed by atoms with Crippen molar-refractivity contribution in [1.82, 2.24) is 5.32 Å². The Hall–Kier alpha value is -3.25. The quantitative estimate of drug-likeness (QED) is 0.483. The van der Waals surface area contributed by atoms with Crippen molar-refractivity contribution in [2.24, 2.45) is 0 Å². The average Bonchev–Trinajstić information content (AvgIpc) is 2.79. The van der Waals surface area contributed by atoms with Gasteiger partial charge in [0, 0.05) is 17.8 Å². The highest BCUT2D eigenvalue weighted by molar-refractivity contribution is 6.04. The van der Waals surface area contributed by atoms with Gasteiger partial charge in [-0.05, 0) is 78.7 Å². The molecule has 1 aliphatic heterocycles. The maximum Gasteiger partial charge on any atom is 0.261 e. The molecule has 0 saturated carbocycles. The fraction of sp³-hybridized carbons (Fsp3) is 0.321. The molecule has 0 bridgehead atoms. The molecule has 0 aromatic heterocycles. The Morgan fingerprint density at radius 2 is 1.74 bits per heavy atom. The third kappa shape index (κ3) is 5.12. The molecule has 4 rings (SSSR count). The highest BCUT2D eigenvalue weighted by atomic mass is 19.1. The van der Waals surface area contributed by atoms with Gasteiger partial charge in [-0.1, -0.05) is 38.1 Å². The summed E-state index contributed by atoms with van der Waals surface area (Å²) in [5.74, 6) is -1.72. The molecule has 6 heteroatoms. The van der Waals surface area contributed by atoms with Gasteiger partial charge in [-0.15, -0.1) is 0 Å². The predicted octanol–water partition coefficient (Wildman–Crippen LogP) is 6.23. The van der Waals surface area contributed by atoms with Crippen LogP contribution in [0.1, 0.15) is 48.2 Å². The number of fused-ring (bicyclic) bond motifs is 1. The van der Waals surface area contributed by atoms with Gasteiger partial charge < -0.3 is 15.4 Å². The monoisotopic (exact) mass is 464 g/mol. The molecule has 1 heterocycles. The lowest BCUT2D eigenvalue weighted by atomic mass is 9.78. The molecule has 0 atom stereocenters. The van der Waals surface area contributed by atoms with E-state index in [-0.39, 0.29) is 5.41 Å². The van der Waals surface area contributed by atoms with Gasteiger partial charge in [-0.3, -0.25) is 4.79 Å². The van der Waals surface area contributed by atoms with E-state index in [1.165, 1.54) is 11.6 Å². The summed E-state index contributed by atoms with van der Waals surface area (Å²) < 4.78 is 34.0. The van der Waals surface area contributed by atoms with E-state index in [1.807, 2.05) is 12.1 Å². The predicted molar refractivity (Wildman–Crippen MR) is 132 cm³/mol. The highest BCUT2D eigenvalue weighted by Gasteiger charge is 2.26. The lowest BCUT2D eigenvalue weighted by Crippen LogP contribution is -2.28. The first kappa shape index (κ1) is 23.9. The molecular weight excluding hydrogens is 434 g/mol. The second kappa shape index (κ2) is 9.94. The SMILES string of the molecule is Cc1cc2c(cc1-c1ccc(NC(=O)c3c(F)cccc3F)cc1)OCCNCCCC2(C)C. The number of carbonyl (C=O) groups is 1. The molecule has 34 heavy (non-hydrogen) atoms. The first-order valence-corrected chi connectivity index (χ1v) is 11.6. The number of aryl methyl sites for hydroxylation is 1. The fourth-order valence-electron chi connectivity index (χ4n) is 4.44. The summed E-state index contributed by atoms with van der Waals surface area (Å²) in [4.78, 5) is 12.4. The summed E-state index contributed by atoms with van der Waals surface area (Å²) in [5, 5.41) is 5.99. The zero-order valence-corrected chi connectivity index (χ0v) is 19.8. The zero-order chi connectivity index (χ0) is 24.3. The van der Waals surface area contributed by atoms with Gasteiger partial charge in [0.2, 0.25) is 0 Å². The standard InChI is InChI=1S/C28H30F2N2O2/c1-18-16-22-25(34-15-14-31-13-5-12-28(22,2)3)17-21(18)19-8-10-20(11-9-19)32-27(33)26-23(29)6-4-7-24(26)30/h4,6-11,16-17,31H,5,12-15H2,1-3H3,(H,32,33). The third-order valence-electron chi connectivity index (χ3n) is 6.39. The van der Waals surface area contributed by atoms with Crippen LogP contribution in [-0.4, -0.2) is 25.6 Å². The van der Waals surface area contributed by atoms with Crippen LogP contribution in [-0.2, 0) is 5.41 Å². The molecule has 178 valence electrons. The van der Waals surface area contributed by atoms with Gasteiger partial charge in [0.25, 0.3) is 5.91 Å². The lowest BCUT2D eigenvalue weighted by Gasteiger charge is -2.30. The van der Waals surface area contributed by atoms with Crippen LogP contribution in [0.25, 0.3) is 11.1 Å². The maximum absolute atomic E-state index is 13.9. The number of carbonyl (C=O) groups excluding carboxylic acids is 1. The molecule has 0 radical (unpaired) electrons. The van der Waals surface area contributed by atoms with E-state index < -0.39 is 23.1 Å². The minimum Gasteiger partial charge on any atom is -0.492 e. The van der Waals surface area contributed by atoms with Crippen LogP contribution in [0, 0.1) is 18.6 Å². The van der Waals surface area contributed by atoms with Crippen molar-refractivity contribution in [3.63, 3.8) is 0 Å². The number of ether oxygens (including phenoxy) is 1. The van der Waals surface area contributed by atoms with E-state index in [0.717, 1.165) is 60.5 Å². The second-order valence-electron chi connectivity index (χ2n) is 9.38. The summed E-state index contributed by atoms with van der Waals surface area (Å²) in [6.07, 6.45) is 2.17. The molecular formula is C28H30F2N2O2. The van der Waals surface area contributed by atoms with Gasteiger partial charge >= 0.3 is 0 Å². The summed E-state index contributed by atoms with van der Waals surface area (Å²) in [6, 6.07) is 14.9. The van der Waals surface area contributed by atoms with Crippen LogP contribution in [0.3, 0.4) is 0 Å². The Kier molecular flexibility index (Phi) is 6.98. The third-order valence-corrected chi connectivity index (χ3v) is 6.39. The molecule has 2 N–H and O–H groups in total. The van der Waals surface area contributed by atoms with Gasteiger partial charge in [-0.25, -0.2) is 8.78 Å². The molecule has 1 aliphatic rings. The minimum atomic E-state index is -0.893. The van der Waals surface area contributed by atoms with Crippen molar-refractivity contribution in [3.05, 3.63) is 82.9 Å². The van der Waals surface area contributed by atoms with E-state index in [2.05, 4.69) is 43.5 Å². The normalized spacial score (nSPS) is 15.7. The van der Waals surface area contributed by atoms with E-state index in [0.29, 0.717) is 12.3 Å². The highest BCUT2D eigenvalue weighted by Crippen LogP contribution is 2.40. The van der Waals surface area contributed by atoms with Crippen LogP contribution in [0.15, 0.2) is 54.6 Å². The summed E-state index contributed by atoms with van der Waals surface area (Å²) in [7, 11) is 0. The molecule has 0 spiro atoms. The number of halogens is 2. The van der Waals surface area contributed by atoms with Crippen LogP contribution in [0.2, 0.25) is 0 Å². The van der Waals surface area contributed by atoms with Crippen molar-refractivity contribution in [2.75, 3.05) is 25.0 Å². The molecule has 0 fully saturated rings. The van der Waals surface area contributed by atoms with E-state index >= 15 is 0 Å². The average molecular weight is 465 g/mol. The van der Waals surface area contributed by atoms with Crippen LogP contribution in [0.4, 0.5) is 14.5 Å². The van der Waals surface area contributed by atoms with E-state index in [1.54, 1.807) is 12.1 Å². The van der Waals surface area contributed by atoms with Crippen molar-refractivity contribution in [3.8, 4) is 16.9 Å². The largest absolute Gasteiger partial charge is 0.492 e. The topological polar surface area (TPSA) is 50.4 Å². The number of nitrogens with one attached hydrogen (secondary N) is 2. The van der Waals surface area contributed by atoms with E-state index in [9.17, 15) is 13.6 Å². The summed E-state index contributed by atoms with van der Waals surface area (Å²) >= 11 is 0. The Morgan fingerprint density at radius 3 is 2.44 bits per heavy atom. The smallest absolute Gasteiger partial charge is 0.261 e. The zero-order valence-electron chi connectivity index (χ0n) is 19.8.